The minimum atomic E-state index is -0.503. The Morgan fingerprint density at radius 2 is 2.32 bits per heavy atom. The fourth-order valence-electron chi connectivity index (χ4n) is 1.66. The van der Waals surface area contributed by atoms with Crippen molar-refractivity contribution in [1.82, 2.24) is 9.97 Å². The number of hydrogen-bond acceptors (Lipinski definition) is 7. The Morgan fingerprint density at radius 1 is 1.63 bits per heavy atom. The van der Waals surface area contributed by atoms with E-state index < -0.39 is 4.92 Å². The second-order valence-corrected chi connectivity index (χ2v) is 4.14. The molecule has 19 heavy (non-hydrogen) atoms. The first-order chi connectivity index (χ1) is 9.01. The van der Waals surface area contributed by atoms with Gasteiger partial charge >= 0.3 is 5.69 Å². The van der Waals surface area contributed by atoms with Crippen LogP contribution in [0, 0.1) is 10.1 Å². The number of hydrogen-bond donors (Lipinski definition) is 1. The molecule has 0 radical (unpaired) electrons. The summed E-state index contributed by atoms with van der Waals surface area (Å²) >= 11 is 0. The van der Waals surface area contributed by atoms with E-state index in [9.17, 15) is 10.1 Å². The SMILES string of the molecule is CCC(C)N(CCOC)c1nc(N)ncc1[N+](=O)[O-]. The van der Waals surface area contributed by atoms with Crippen LogP contribution in [-0.4, -0.2) is 41.2 Å². The zero-order valence-corrected chi connectivity index (χ0v) is 11.4. The van der Waals surface area contributed by atoms with Crippen molar-refractivity contribution >= 4 is 17.5 Å². The van der Waals surface area contributed by atoms with Gasteiger partial charge in [-0.25, -0.2) is 4.98 Å². The van der Waals surface area contributed by atoms with Gasteiger partial charge in [0.05, 0.1) is 11.5 Å². The molecule has 0 spiro atoms. The molecule has 1 aromatic rings. The quantitative estimate of drug-likeness (QED) is 0.585. The molecule has 1 aromatic heterocycles. The summed E-state index contributed by atoms with van der Waals surface area (Å²) in [5.41, 5.74) is 5.39. The first-order valence-corrected chi connectivity index (χ1v) is 6.03. The van der Waals surface area contributed by atoms with Crippen molar-refractivity contribution in [1.29, 1.82) is 0 Å². The van der Waals surface area contributed by atoms with E-state index in [0.717, 1.165) is 12.6 Å². The number of nitrogens with zero attached hydrogens (tertiary/aromatic N) is 4. The molecule has 0 aliphatic rings. The lowest BCUT2D eigenvalue weighted by molar-refractivity contribution is -0.384. The molecule has 2 N–H and O–H groups in total. The third-order valence-corrected chi connectivity index (χ3v) is 2.90. The number of nitrogen functional groups attached to an aromatic ring is 1. The normalized spacial score (nSPS) is 12.2. The maximum atomic E-state index is 11.0. The van der Waals surface area contributed by atoms with Crippen LogP contribution in [0.3, 0.4) is 0 Å². The zero-order valence-electron chi connectivity index (χ0n) is 11.4. The Bertz CT molecular complexity index is 440. The molecule has 0 amide bonds. The van der Waals surface area contributed by atoms with Crippen LogP contribution in [0.15, 0.2) is 6.20 Å². The van der Waals surface area contributed by atoms with E-state index in [-0.39, 0.29) is 23.5 Å². The van der Waals surface area contributed by atoms with Crippen LogP contribution in [0.5, 0.6) is 0 Å². The van der Waals surface area contributed by atoms with Crippen molar-refractivity contribution in [3.8, 4) is 0 Å². The molecule has 0 aliphatic carbocycles. The second-order valence-electron chi connectivity index (χ2n) is 4.14. The van der Waals surface area contributed by atoms with Crippen LogP contribution in [0.25, 0.3) is 0 Å². The lowest BCUT2D eigenvalue weighted by Gasteiger charge is -2.28. The lowest BCUT2D eigenvalue weighted by atomic mass is 10.2. The topological polar surface area (TPSA) is 107 Å². The third kappa shape index (κ3) is 3.75. The molecule has 1 heterocycles. The van der Waals surface area contributed by atoms with Gasteiger partial charge in [0, 0.05) is 19.7 Å². The van der Waals surface area contributed by atoms with E-state index in [0.29, 0.717) is 13.2 Å². The van der Waals surface area contributed by atoms with Crippen molar-refractivity contribution < 1.29 is 9.66 Å². The number of aromatic nitrogens is 2. The van der Waals surface area contributed by atoms with Gasteiger partial charge in [-0.1, -0.05) is 6.92 Å². The van der Waals surface area contributed by atoms with Gasteiger partial charge in [0.25, 0.3) is 0 Å². The van der Waals surface area contributed by atoms with Crippen molar-refractivity contribution in [2.75, 3.05) is 30.9 Å². The average Bonchev–Trinajstić information content (AvgIpc) is 2.38. The van der Waals surface area contributed by atoms with Gasteiger partial charge in [-0.2, -0.15) is 4.98 Å². The summed E-state index contributed by atoms with van der Waals surface area (Å²) in [6, 6.07) is 0.0862. The summed E-state index contributed by atoms with van der Waals surface area (Å²) in [4.78, 5) is 20.1. The molecule has 106 valence electrons. The van der Waals surface area contributed by atoms with Crippen molar-refractivity contribution in [3.05, 3.63) is 16.3 Å². The van der Waals surface area contributed by atoms with Gasteiger partial charge in [0.15, 0.2) is 0 Å². The number of nitro groups is 1. The molecule has 0 aromatic carbocycles. The number of ether oxygens (including phenoxy) is 1. The van der Waals surface area contributed by atoms with Gasteiger partial charge in [-0.15, -0.1) is 0 Å². The van der Waals surface area contributed by atoms with Crippen molar-refractivity contribution in [2.45, 2.75) is 26.3 Å². The van der Waals surface area contributed by atoms with E-state index in [1.165, 1.54) is 0 Å². The highest BCUT2D eigenvalue weighted by Gasteiger charge is 2.25. The molecule has 0 bridgehead atoms. The van der Waals surface area contributed by atoms with Crippen LogP contribution in [0.1, 0.15) is 20.3 Å². The van der Waals surface area contributed by atoms with Gasteiger partial charge in [0.2, 0.25) is 11.8 Å². The van der Waals surface area contributed by atoms with E-state index in [2.05, 4.69) is 9.97 Å². The second kappa shape index (κ2) is 6.83. The summed E-state index contributed by atoms with van der Waals surface area (Å²) in [5, 5.41) is 11.0. The molecule has 8 heteroatoms. The highest BCUT2D eigenvalue weighted by molar-refractivity contribution is 5.58. The molecule has 1 rings (SSSR count). The van der Waals surface area contributed by atoms with Crippen LogP contribution in [0.2, 0.25) is 0 Å². The minimum Gasteiger partial charge on any atom is -0.383 e. The van der Waals surface area contributed by atoms with Gasteiger partial charge in [0.1, 0.15) is 6.20 Å². The first kappa shape index (κ1) is 15.1. The minimum absolute atomic E-state index is 0.0197. The van der Waals surface area contributed by atoms with E-state index >= 15 is 0 Å². The summed E-state index contributed by atoms with van der Waals surface area (Å²) < 4.78 is 5.03. The fraction of sp³-hybridized carbons (Fsp3) is 0.636. The Kier molecular flexibility index (Phi) is 5.43. The monoisotopic (exact) mass is 269 g/mol. The summed E-state index contributed by atoms with van der Waals surface area (Å²) in [5.74, 6) is 0.259. The highest BCUT2D eigenvalue weighted by atomic mass is 16.6. The number of anilines is 2. The number of methoxy groups -OCH3 is 1. The molecule has 1 atom stereocenters. The summed E-state index contributed by atoms with van der Waals surface area (Å²) in [6.07, 6.45) is 1.96. The Morgan fingerprint density at radius 3 is 2.84 bits per heavy atom. The first-order valence-electron chi connectivity index (χ1n) is 6.03. The fourth-order valence-corrected chi connectivity index (χ4v) is 1.66. The predicted octanol–water partition coefficient (Wildman–Crippen LogP) is 1.22. The Labute approximate surface area is 111 Å². The zero-order chi connectivity index (χ0) is 14.4. The maximum absolute atomic E-state index is 11.0. The smallest absolute Gasteiger partial charge is 0.329 e. The number of rotatable bonds is 7. The van der Waals surface area contributed by atoms with Crippen molar-refractivity contribution in [2.24, 2.45) is 0 Å². The molecule has 0 fully saturated rings. The van der Waals surface area contributed by atoms with Gasteiger partial charge < -0.3 is 15.4 Å². The third-order valence-electron chi connectivity index (χ3n) is 2.90. The van der Waals surface area contributed by atoms with Crippen LogP contribution in [0.4, 0.5) is 17.5 Å². The number of nitrogens with two attached hydrogens (primary N) is 1. The average molecular weight is 269 g/mol. The molecule has 0 saturated carbocycles. The van der Waals surface area contributed by atoms with E-state index in [4.69, 9.17) is 10.5 Å². The summed E-state index contributed by atoms with van der Waals surface area (Å²) in [6.45, 7) is 4.92. The Balaban J connectivity index is 3.19. The van der Waals surface area contributed by atoms with Crippen LogP contribution >= 0.6 is 0 Å². The molecular weight excluding hydrogens is 250 g/mol. The largest absolute Gasteiger partial charge is 0.383 e. The van der Waals surface area contributed by atoms with Crippen LogP contribution < -0.4 is 10.6 Å². The molecular formula is C11H19N5O3. The predicted molar refractivity (Wildman–Crippen MR) is 72.1 cm³/mol. The molecule has 1 unspecified atom stereocenters. The Hall–Kier alpha value is -1.96. The van der Waals surface area contributed by atoms with Gasteiger partial charge in [-0.05, 0) is 13.3 Å². The van der Waals surface area contributed by atoms with E-state index in [1.807, 2.05) is 18.7 Å². The van der Waals surface area contributed by atoms with Gasteiger partial charge in [-0.3, -0.25) is 10.1 Å². The van der Waals surface area contributed by atoms with Crippen LogP contribution in [-0.2, 0) is 4.74 Å². The van der Waals surface area contributed by atoms with E-state index in [1.54, 1.807) is 7.11 Å². The molecule has 8 nitrogen and oxygen atoms in total. The van der Waals surface area contributed by atoms with Crippen molar-refractivity contribution in [3.63, 3.8) is 0 Å². The maximum Gasteiger partial charge on any atom is 0.329 e. The molecule has 0 aliphatic heterocycles. The standard InChI is InChI=1S/C11H19N5O3/c1-4-8(2)15(5-6-19-3)10-9(16(17)18)7-13-11(12)14-10/h7-8H,4-6H2,1-3H3,(H2,12,13,14). The lowest BCUT2D eigenvalue weighted by Crippen LogP contribution is -2.36. The molecule has 0 saturated heterocycles. The summed E-state index contributed by atoms with van der Waals surface area (Å²) in [7, 11) is 1.58. The highest BCUT2D eigenvalue weighted by Crippen LogP contribution is 2.27.